The average Bonchev–Trinajstić information content (AvgIpc) is 3.14. The molecule has 1 aromatic heterocycles. The van der Waals surface area contributed by atoms with Crippen LogP contribution in [0, 0.1) is 10.1 Å². The quantitative estimate of drug-likeness (QED) is 0.277. The number of rotatable bonds is 7. The van der Waals surface area contributed by atoms with Crippen LogP contribution >= 0.6 is 0 Å². The molecule has 3 rings (SSSR count). The van der Waals surface area contributed by atoms with Crippen LogP contribution in [-0.4, -0.2) is 34.9 Å². The number of nitrogens with zero attached hydrogens (tertiary/aromatic N) is 1. The van der Waals surface area contributed by atoms with Gasteiger partial charge in [0.15, 0.2) is 0 Å². The number of nitrogens with one attached hydrogen (secondary N) is 2. The second-order valence-corrected chi connectivity index (χ2v) is 6.30. The van der Waals surface area contributed by atoms with Crippen LogP contribution in [0.15, 0.2) is 60.8 Å². The summed E-state index contributed by atoms with van der Waals surface area (Å²) < 4.78 is 4.81. The minimum absolute atomic E-state index is 0.111. The van der Waals surface area contributed by atoms with Crippen LogP contribution in [0.25, 0.3) is 17.0 Å². The Morgan fingerprint density at radius 3 is 2.69 bits per heavy atom. The number of carbonyl (C=O) groups is 2. The predicted molar refractivity (Wildman–Crippen MR) is 108 cm³/mol. The van der Waals surface area contributed by atoms with E-state index in [1.807, 2.05) is 24.3 Å². The average molecular weight is 393 g/mol. The van der Waals surface area contributed by atoms with Gasteiger partial charge in [0.25, 0.3) is 5.69 Å². The van der Waals surface area contributed by atoms with Gasteiger partial charge in [-0.15, -0.1) is 0 Å². The van der Waals surface area contributed by atoms with Crippen molar-refractivity contribution in [3.8, 4) is 0 Å². The number of esters is 1. The second-order valence-electron chi connectivity index (χ2n) is 6.30. The number of hydrogen-bond donors (Lipinski definition) is 2. The van der Waals surface area contributed by atoms with Gasteiger partial charge >= 0.3 is 5.97 Å². The molecular weight excluding hydrogens is 374 g/mol. The summed E-state index contributed by atoms with van der Waals surface area (Å²) in [7, 11) is 1.25. The highest BCUT2D eigenvalue weighted by Gasteiger charge is 2.22. The zero-order chi connectivity index (χ0) is 20.8. The van der Waals surface area contributed by atoms with Gasteiger partial charge in [-0.25, -0.2) is 4.79 Å². The highest BCUT2D eigenvalue weighted by molar-refractivity contribution is 5.95. The van der Waals surface area contributed by atoms with Crippen molar-refractivity contribution in [3.63, 3.8) is 0 Å². The molecule has 0 saturated heterocycles. The van der Waals surface area contributed by atoms with Crippen LogP contribution in [0.1, 0.15) is 11.1 Å². The van der Waals surface area contributed by atoms with Crippen molar-refractivity contribution in [3.05, 3.63) is 82.0 Å². The van der Waals surface area contributed by atoms with E-state index >= 15 is 0 Å². The van der Waals surface area contributed by atoms with Crippen LogP contribution in [-0.2, 0) is 20.7 Å². The first-order valence-electron chi connectivity index (χ1n) is 8.84. The molecule has 1 atom stereocenters. The fraction of sp³-hybridized carbons (Fsp3) is 0.143. The van der Waals surface area contributed by atoms with E-state index in [0.717, 1.165) is 22.5 Å². The monoisotopic (exact) mass is 393 g/mol. The fourth-order valence-corrected chi connectivity index (χ4v) is 3.04. The second kappa shape index (κ2) is 8.83. The third-order valence-corrected chi connectivity index (χ3v) is 4.45. The van der Waals surface area contributed by atoms with Gasteiger partial charge in [0.1, 0.15) is 6.04 Å². The lowest BCUT2D eigenvalue weighted by Gasteiger charge is -2.15. The maximum absolute atomic E-state index is 12.3. The van der Waals surface area contributed by atoms with E-state index in [2.05, 4.69) is 10.3 Å². The number of hydrogen-bond acceptors (Lipinski definition) is 5. The van der Waals surface area contributed by atoms with E-state index in [9.17, 15) is 19.7 Å². The molecular formula is C21H19N3O5. The Balaban J connectivity index is 1.76. The largest absolute Gasteiger partial charge is 0.467 e. The first kappa shape index (κ1) is 19.8. The van der Waals surface area contributed by atoms with Crippen molar-refractivity contribution in [2.45, 2.75) is 12.5 Å². The zero-order valence-corrected chi connectivity index (χ0v) is 15.6. The molecule has 0 radical (unpaired) electrons. The summed E-state index contributed by atoms with van der Waals surface area (Å²) >= 11 is 0. The molecule has 2 aromatic carbocycles. The molecule has 148 valence electrons. The molecule has 2 N–H and O–H groups in total. The zero-order valence-electron chi connectivity index (χ0n) is 15.6. The summed E-state index contributed by atoms with van der Waals surface area (Å²) in [5, 5.41) is 14.6. The van der Waals surface area contributed by atoms with Gasteiger partial charge in [-0.05, 0) is 23.8 Å². The SMILES string of the molecule is COC(=O)C(Cc1c[nH]c2ccccc12)NC(=O)/C=C/c1ccccc1[N+](=O)[O-]. The van der Waals surface area contributed by atoms with Gasteiger partial charge in [-0.1, -0.05) is 30.3 Å². The highest BCUT2D eigenvalue weighted by atomic mass is 16.6. The first-order chi connectivity index (χ1) is 14.0. The van der Waals surface area contributed by atoms with E-state index in [1.165, 1.54) is 25.3 Å². The van der Waals surface area contributed by atoms with Crippen molar-refractivity contribution >= 4 is 34.5 Å². The number of para-hydroxylation sites is 2. The Morgan fingerprint density at radius 2 is 1.93 bits per heavy atom. The molecule has 0 bridgehead atoms. The Labute approximate surface area is 166 Å². The topological polar surface area (TPSA) is 114 Å². The molecule has 29 heavy (non-hydrogen) atoms. The lowest BCUT2D eigenvalue weighted by atomic mass is 10.0. The maximum atomic E-state index is 12.3. The van der Waals surface area contributed by atoms with Crippen molar-refractivity contribution in [1.82, 2.24) is 10.3 Å². The third-order valence-electron chi connectivity index (χ3n) is 4.45. The lowest BCUT2D eigenvalue weighted by molar-refractivity contribution is -0.385. The molecule has 0 saturated carbocycles. The van der Waals surface area contributed by atoms with Gasteiger partial charge in [-0.3, -0.25) is 14.9 Å². The molecule has 1 heterocycles. The molecule has 0 fully saturated rings. The van der Waals surface area contributed by atoms with Gasteiger partial charge in [0.2, 0.25) is 5.91 Å². The Hall–Kier alpha value is -3.94. The molecule has 0 aliphatic carbocycles. The molecule has 0 aliphatic rings. The Morgan fingerprint density at radius 1 is 1.21 bits per heavy atom. The van der Waals surface area contributed by atoms with Crippen molar-refractivity contribution in [1.29, 1.82) is 0 Å². The van der Waals surface area contributed by atoms with Gasteiger partial charge in [-0.2, -0.15) is 0 Å². The third kappa shape index (κ3) is 4.67. The number of methoxy groups -OCH3 is 1. The molecule has 8 nitrogen and oxygen atoms in total. The number of fused-ring (bicyclic) bond motifs is 1. The summed E-state index contributed by atoms with van der Waals surface area (Å²) in [4.78, 5) is 38.2. The van der Waals surface area contributed by atoms with Crippen molar-refractivity contribution < 1.29 is 19.2 Å². The van der Waals surface area contributed by atoms with Crippen LogP contribution < -0.4 is 5.32 Å². The molecule has 1 amide bonds. The fourth-order valence-electron chi connectivity index (χ4n) is 3.04. The van der Waals surface area contributed by atoms with Gasteiger partial charge in [0, 0.05) is 35.7 Å². The first-order valence-corrected chi connectivity index (χ1v) is 8.84. The van der Waals surface area contributed by atoms with Crippen LogP contribution in [0.3, 0.4) is 0 Å². The lowest BCUT2D eigenvalue weighted by Crippen LogP contribution is -2.42. The van der Waals surface area contributed by atoms with Crippen LogP contribution in [0.5, 0.6) is 0 Å². The standard InChI is InChI=1S/C21H19N3O5/c1-29-21(26)18(12-15-13-22-17-8-4-3-7-16(15)17)23-20(25)11-10-14-6-2-5-9-19(14)24(27)28/h2-11,13,18,22H,12H2,1H3,(H,23,25)/b11-10+. The minimum atomic E-state index is -0.901. The summed E-state index contributed by atoms with van der Waals surface area (Å²) in [6.45, 7) is 0. The van der Waals surface area contributed by atoms with Gasteiger partial charge in [0.05, 0.1) is 17.6 Å². The number of amides is 1. The van der Waals surface area contributed by atoms with Crippen LogP contribution in [0.4, 0.5) is 5.69 Å². The summed E-state index contributed by atoms with van der Waals surface area (Å²) in [6, 6.07) is 12.8. The van der Waals surface area contributed by atoms with Crippen molar-refractivity contribution in [2.75, 3.05) is 7.11 Å². The minimum Gasteiger partial charge on any atom is -0.467 e. The summed E-state index contributed by atoms with van der Waals surface area (Å²) in [5.74, 6) is -1.14. The number of nitro groups is 1. The smallest absolute Gasteiger partial charge is 0.328 e. The number of benzene rings is 2. The number of ether oxygens (including phenoxy) is 1. The number of nitro benzene ring substituents is 1. The maximum Gasteiger partial charge on any atom is 0.328 e. The number of H-pyrrole nitrogens is 1. The van der Waals surface area contributed by atoms with E-state index in [4.69, 9.17) is 4.74 Å². The number of aromatic nitrogens is 1. The van der Waals surface area contributed by atoms with E-state index < -0.39 is 22.8 Å². The molecule has 0 aliphatic heterocycles. The highest BCUT2D eigenvalue weighted by Crippen LogP contribution is 2.20. The van der Waals surface area contributed by atoms with Crippen molar-refractivity contribution in [2.24, 2.45) is 0 Å². The van der Waals surface area contributed by atoms with E-state index in [-0.39, 0.29) is 12.1 Å². The predicted octanol–water partition coefficient (Wildman–Crippen LogP) is 2.99. The summed E-state index contributed by atoms with van der Waals surface area (Å²) in [5.41, 5.74) is 1.96. The molecule has 3 aromatic rings. The van der Waals surface area contributed by atoms with Gasteiger partial charge < -0.3 is 15.0 Å². The Bertz CT molecular complexity index is 1090. The number of aromatic amines is 1. The van der Waals surface area contributed by atoms with E-state index in [0.29, 0.717) is 5.56 Å². The molecule has 0 spiro atoms. The molecule has 1 unspecified atom stereocenters. The van der Waals surface area contributed by atoms with E-state index in [1.54, 1.807) is 18.3 Å². The Kier molecular flexibility index (Phi) is 6.03. The summed E-state index contributed by atoms with van der Waals surface area (Å²) in [6.07, 6.45) is 4.53. The van der Waals surface area contributed by atoms with Crippen LogP contribution in [0.2, 0.25) is 0 Å². The molecule has 8 heteroatoms. The normalized spacial score (nSPS) is 12.0. The number of carbonyl (C=O) groups excluding carboxylic acids is 2.